The molecule has 0 aliphatic carbocycles. The number of aliphatic carboxylic acids is 1. The highest BCUT2D eigenvalue weighted by Gasteiger charge is 2.36. The average Bonchev–Trinajstić information content (AvgIpc) is 3.34. The lowest BCUT2D eigenvalue weighted by Gasteiger charge is -2.28. The van der Waals surface area contributed by atoms with E-state index in [1.165, 1.54) is 45.0 Å². The maximum Gasteiger partial charge on any atom is 0.326 e. The Labute approximate surface area is 431 Å². The molecule has 0 aliphatic rings. The van der Waals surface area contributed by atoms with E-state index < -0.39 is 169 Å². The van der Waals surface area contributed by atoms with Crippen LogP contribution in [0.25, 0.3) is 0 Å². The molecule has 0 spiro atoms. The first-order valence-electron chi connectivity index (χ1n) is 23.3. The Hall–Kier alpha value is -6.70. The fourth-order valence-electron chi connectivity index (χ4n) is 6.53. The van der Waals surface area contributed by atoms with Crippen LogP contribution in [0.2, 0.25) is 0 Å². The number of primary amides is 1. The van der Waals surface area contributed by atoms with Gasteiger partial charge in [0.1, 0.15) is 60.1 Å². The summed E-state index contributed by atoms with van der Waals surface area (Å²) in [5.41, 5.74) is 17.2. The van der Waals surface area contributed by atoms with Crippen molar-refractivity contribution >= 4 is 77.7 Å². The van der Waals surface area contributed by atoms with Gasteiger partial charge in [-0.15, -0.1) is 0 Å². The number of nitrogens with one attached hydrogen (secondary N) is 9. The van der Waals surface area contributed by atoms with E-state index in [-0.39, 0.29) is 25.0 Å². The summed E-state index contributed by atoms with van der Waals surface area (Å²) in [6.45, 7) is 2.50. The number of hydrogen-bond acceptors (Lipinski definition) is 19. The standard InChI is InChI=1S/C44H72N12O17S/c1-20(2)33(42(70)53-29(17-58)39(67)50-27(44(72)73)7-5-6-14-45)55-35(63)21(3)48-38(66)28(16-57)52-41(69)31(19-74)54-43(71)34(22(4)60)56-40(68)30(18-59)51-37(65)26(12-13-32(47)62)49-36(64)25(46)15-23-8-10-24(61)11-9-23/h8-11,20-22,25-31,33-34,57-61,74H,5-7,12-19,45-46H2,1-4H3,(H2,47,62)(H,48,66)(H,49,64)(H,50,67)(H,51,65)(H,52,69)(H,53,70)(H,54,71)(H,55,63)(H,56,68)(H,72,73)/t21-,22+,25-,26-,27-,28-,29-,30-,31-,33-,34-/m0/s1. The minimum absolute atomic E-state index is 0.0241. The molecule has 0 radical (unpaired) electrons. The third-order valence-electron chi connectivity index (χ3n) is 10.9. The van der Waals surface area contributed by atoms with Crippen LogP contribution in [0.1, 0.15) is 65.4 Å². The number of rotatable bonds is 34. The number of aliphatic hydroxyl groups excluding tert-OH is 4. The van der Waals surface area contributed by atoms with Crippen LogP contribution in [0, 0.1) is 5.92 Å². The molecule has 21 N–H and O–H groups in total. The summed E-state index contributed by atoms with van der Waals surface area (Å²) < 4.78 is 0. The number of nitrogens with two attached hydrogens (primary N) is 3. The quantitative estimate of drug-likeness (QED) is 0.0225. The van der Waals surface area contributed by atoms with Crippen LogP contribution in [-0.4, -0.2) is 194 Å². The monoisotopic (exact) mass is 1070 g/mol. The maximum atomic E-state index is 13.4. The highest BCUT2D eigenvalue weighted by Crippen LogP contribution is 2.12. The number of aromatic hydroxyl groups is 1. The van der Waals surface area contributed by atoms with Gasteiger partial charge in [-0.3, -0.25) is 47.9 Å². The van der Waals surface area contributed by atoms with Gasteiger partial charge in [0.15, 0.2) is 0 Å². The number of phenolic OH excluding ortho intramolecular Hbond substituents is 1. The maximum absolute atomic E-state index is 13.4. The van der Waals surface area contributed by atoms with E-state index in [0.717, 1.165) is 6.92 Å². The molecule has 0 aromatic heterocycles. The summed E-state index contributed by atoms with van der Waals surface area (Å²) in [7, 11) is 0. The molecule has 0 heterocycles. The van der Waals surface area contributed by atoms with Gasteiger partial charge in [-0.2, -0.15) is 12.6 Å². The number of carboxylic acid groups (broad SMARTS) is 1. The smallest absolute Gasteiger partial charge is 0.326 e. The van der Waals surface area contributed by atoms with Crippen molar-refractivity contribution in [3.8, 4) is 5.75 Å². The van der Waals surface area contributed by atoms with Crippen molar-refractivity contribution in [1.82, 2.24) is 47.9 Å². The number of carbonyl (C=O) groups excluding carboxylic acids is 10. The zero-order valence-electron chi connectivity index (χ0n) is 41.4. The van der Waals surface area contributed by atoms with Crippen LogP contribution in [0.3, 0.4) is 0 Å². The molecule has 0 bridgehead atoms. The van der Waals surface area contributed by atoms with Gasteiger partial charge in [0.25, 0.3) is 0 Å². The minimum atomic E-state index is -1.88. The summed E-state index contributed by atoms with van der Waals surface area (Å²) >= 11 is 4.05. The number of aliphatic hydroxyl groups is 4. The van der Waals surface area contributed by atoms with Crippen molar-refractivity contribution in [3.05, 3.63) is 29.8 Å². The topological polar surface area (TPSA) is 495 Å². The highest BCUT2D eigenvalue weighted by atomic mass is 32.1. The van der Waals surface area contributed by atoms with Crippen molar-refractivity contribution in [2.75, 3.05) is 32.1 Å². The van der Waals surface area contributed by atoms with Gasteiger partial charge >= 0.3 is 5.97 Å². The second-order valence-electron chi connectivity index (χ2n) is 17.4. The zero-order valence-corrected chi connectivity index (χ0v) is 42.3. The Morgan fingerprint density at radius 2 is 0.986 bits per heavy atom. The SMILES string of the molecule is CC(C)[C@H](NC(=O)[C@H](C)NC(=O)[C@H](CO)NC(=O)[C@H](CS)NC(=O)[C@@H](NC(=O)[C@H](CO)NC(=O)[C@H](CCC(N)=O)NC(=O)[C@@H](N)Cc1ccc(O)cc1)[C@@H](C)O)C(=O)N[C@@H](CO)C(=O)N[C@@H](CCCCN)C(=O)O. The molecule has 1 aromatic rings. The minimum Gasteiger partial charge on any atom is -0.508 e. The molecule has 0 saturated carbocycles. The lowest BCUT2D eigenvalue weighted by molar-refractivity contribution is -0.143. The van der Waals surface area contributed by atoms with Crippen molar-refractivity contribution in [1.29, 1.82) is 0 Å². The summed E-state index contributed by atoms with van der Waals surface area (Å²) in [5.74, 6) is -13.0. The molecule has 30 heteroatoms. The number of carbonyl (C=O) groups is 11. The van der Waals surface area contributed by atoms with Gasteiger partial charge in [-0.25, -0.2) is 4.79 Å². The van der Waals surface area contributed by atoms with Gasteiger partial charge in [-0.05, 0) is 76.1 Å². The third-order valence-corrected chi connectivity index (χ3v) is 11.3. The van der Waals surface area contributed by atoms with Crippen LogP contribution in [0.4, 0.5) is 0 Å². The zero-order chi connectivity index (χ0) is 56.4. The molecule has 1 aromatic carbocycles. The molecule has 11 atom stereocenters. The molecule has 74 heavy (non-hydrogen) atoms. The van der Waals surface area contributed by atoms with E-state index in [4.69, 9.17) is 17.2 Å². The lowest BCUT2D eigenvalue weighted by Crippen LogP contribution is -2.63. The van der Waals surface area contributed by atoms with E-state index in [0.29, 0.717) is 24.9 Å². The Kier molecular flexibility index (Phi) is 29.3. The summed E-state index contributed by atoms with van der Waals surface area (Å²) in [6, 6.07) is -9.90. The Balaban J connectivity index is 3.01. The van der Waals surface area contributed by atoms with Crippen molar-refractivity contribution in [3.63, 3.8) is 0 Å². The lowest BCUT2D eigenvalue weighted by atomic mass is 10.0. The molecule has 10 amide bonds. The predicted molar refractivity (Wildman–Crippen MR) is 263 cm³/mol. The average molecular weight is 1070 g/mol. The molecule has 29 nitrogen and oxygen atoms in total. The van der Waals surface area contributed by atoms with Crippen LogP contribution < -0.4 is 65.1 Å². The van der Waals surface area contributed by atoms with Crippen molar-refractivity contribution in [2.24, 2.45) is 23.1 Å². The number of benzene rings is 1. The van der Waals surface area contributed by atoms with Gasteiger partial charge in [0.2, 0.25) is 59.1 Å². The van der Waals surface area contributed by atoms with Crippen molar-refractivity contribution < 1.29 is 83.4 Å². The second kappa shape index (κ2) is 33.2. The van der Waals surface area contributed by atoms with Crippen LogP contribution in [-0.2, 0) is 59.2 Å². The predicted octanol–water partition coefficient (Wildman–Crippen LogP) is -7.93. The van der Waals surface area contributed by atoms with E-state index in [9.17, 15) is 83.4 Å². The first kappa shape index (κ1) is 65.3. The number of thiol groups is 1. The van der Waals surface area contributed by atoms with Gasteiger partial charge in [0.05, 0.1) is 32.0 Å². The fraction of sp³-hybridized carbons (Fsp3) is 0.614. The summed E-state index contributed by atoms with van der Waals surface area (Å²) in [6.07, 6.45) is -1.64. The molecule has 0 fully saturated rings. The van der Waals surface area contributed by atoms with E-state index in [2.05, 4.69) is 60.5 Å². The highest BCUT2D eigenvalue weighted by molar-refractivity contribution is 7.80. The first-order valence-corrected chi connectivity index (χ1v) is 24.0. The van der Waals surface area contributed by atoms with E-state index >= 15 is 0 Å². The number of amides is 10. The van der Waals surface area contributed by atoms with Crippen LogP contribution >= 0.6 is 12.6 Å². The number of phenols is 1. The fourth-order valence-corrected chi connectivity index (χ4v) is 6.79. The van der Waals surface area contributed by atoms with Gasteiger partial charge in [0, 0.05) is 12.2 Å². The van der Waals surface area contributed by atoms with Crippen LogP contribution in [0.5, 0.6) is 5.75 Å². The first-order chi connectivity index (χ1) is 34.7. The molecule has 0 aliphatic heterocycles. The normalized spacial score (nSPS) is 15.6. The molecule has 0 unspecified atom stereocenters. The largest absolute Gasteiger partial charge is 0.508 e. The molecular formula is C44H72N12O17S. The summed E-state index contributed by atoms with van der Waals surface area (Å²) in [5, 5.41) is 79.6. The van der Waals surface area contributed by atoms with E-state index in [1.807, 2.05) is 0 Å². The van der Waals surface area contributed by atoms with E-state index in [1.54, 1.807) is 0 Å². The number of carboxylic acids is 1. The Morgan fingerprint density at radius 3 is 1.46 bits per heavy atom. The number of unbranched alkanes of at least 4 members (excludes halogenated alkanes) is 1. The molecular weight excluding hydrogens is 1000 g/mol. The molecule has 1 rings (SSSR count). The van der Waals surface area contributed by atoms with Gasteiger partial charge in [-0.1, -0.05) is 26.0 Å². The second-order valence-corrected chi connectivity index (χ2v) is 17.8. The van der Waals surface area contributed by atoms with Crippen molar-refractivity contribution in [2.45, 2.75) is 133 Å². The summed E-state index contributed by atoms with van der Waals surface area (Å²) in [4.78, 5) is 142. The Morgan fingerprint density at radius 1 is 0.554 bits per heavy atom. The third kappa shape index (κ3) is 22.6. The molecule has 0 saturated heterocycles. The Bertz CT molecular complexity index is 2090. The van der Waals surface area contributed by atoms with Gasteiger partial charge < -0.3 is 95.7 Å². The molecule has 416 valence electrons. The van der Waals surface area contributed by atoms with Crippen LogP contribution in [0.15, 0.2) is 24.3 Å². The number of hydrogen-bond donors (Lipinski definition) is 19.